The van der Waals surface area contributed by atoms with Crippen LogP contribution in [0, 0.1) is 23.2 Å². The molecule has 1 aromatic heterocycles. The number of aryl methyl sites for hydroxylation is 1. The SMILES string of the molecule is CC(C)C1CCc2nc(Cl)c(C#N)cc2C1. The van der Waals surface area contributed by atoms with Crippen LogP contribution in [0.25, 0.3) is 0 Å². The smallest absolute Gasteiger partial charge is 0.147 e. The van der Waals surface area contributed by atoms with Crippen molar-refractivity contribution in [1.82, 2.24) is 4.98 Å². The van der Waals surface area contributed by atoms with Gasteiger partial charge in [0.25, 0.3) is 0 Å². The topological polar surface area (TPSA) is 36.7 Å². The van der Waals surface area contributed by atoms with Crippen molar-refractivity contribution in [2.75, 3.05) is 0 Å². The molecule has 0 fully saturated rings. The van der Waals surface area contributed by atoms with Crippen LogP contribution in [0.3, 0.4) is 0 Å². The summed E-state index contributed by atoms with van der Waals surface area (Å²) in [6, 6.07) is 4.01. The summed E-state index contributed by atoms with van der Waals surface area (Å²) >= 11 is 5.93. The van der Waals surface area contributed by atoms with Crippen molar-refractivity contribution in [3.63, 3.8) is 0 Å². The number of hydrogen-bond donors (Lipinski definition) is 0. The summed E-state index contributed by atoms with van der Waals surface area (Å²) in [5.41, 5.74) is 2.80. The Balaban J connectivity index is 2.35. The van der Waals surface area contributed by atoms with E-state index in [2.05, 4.69) is 24.9 Å². The normalized spacial score (nSPS) is 19.3. The molecule has 1 aliphatic carbocycles. The quantitative estimate of drug-likeness (QED) is 0.699. The van der Waals surface area contributed by atoms with Gasteiger partial charge in [-0.05, 0) is 42.7 Å². The van der Waals surface area contributed by atoms with Crippen LogP contribution in [0.1, 0.15) is 37.1 Å². The van der Waals surface area contributed by atoms with Gasteiger partial charge in [-0.1, -0.05) is 25.4 Å². The first kappa shape index (κ1) is 11.4. The summed E-state index contributed by atoms with van der Waals surface area (Å²) in [6.07, 6.45) is 3.20. The predicted molar refractivity (Wildman–Crippen MR) is 64.3 cm³/mol. The van der Waals surface area contributed by atoms with E-state index in [9.17, 15) is 0 Å². The molecule has 1 unspecified atom stereocenters. The second-order valence-corrected chi connectivity index (χ2v) is 5.15. The monoisotopic (exact) mass is 234 g/mol. The minimum Gasteiger partial charge on any atom is -0.239 e. The van der Waals surface area contributed by atoms with Gasteiger partial charge in [0.05, 0.1) is 5.56 Å². The van der Waals surface area contributed by atoms with Gasteiger partial charge in [0, 0.05) is 5.69 Å². The largest absolute Gasteiger partial charge is 0.239 e. The van der Waals surface area contributed by atoms with E-state index in [-0.39, 0.29) is 0 Å². The molecule has 16 heavy (non-hydrogen) atoms. The Bertz CT molecular complexity index is 446. The Morgan fingerprint density at radius 2 is 2.31 bits per heavy atom. The Hall–Kier alpha value is -1.07. The van der Waals surface area contributed by atoms with Crippen LogP contribution in [0.2, 0.25) is 5.15 Å². The molecule has 0 spiro atoms. The Morgan fingerprint density at radius 3 is 2.94 bits per heavy atom. The third kappa shape index (κ3) is 2.05. The lowest BCUT2D eigenvalue weighted by atomic mass is 9.80. The van der Waals surface area contributed by atoms with Crippen molar-refractivity contribution in [3.05, 3.63) is 28.0 Å². The zero-order valence-electron chi connectivity index (χ0n) is 9.63. The van der Waals surface area contributed by atoms with Gasteiger partial charge in [0.2, 0.25) is 0 Å². The molecule has 1 aliphatic rings. The zero-order chi connectivity index (χ0) is 11.7. The van der Waals surface area contributed by atoms with Gasteiger partial charge in [0.15, 0.2) is 0 Å². The molecule has 1 aromatic rings. The van der Waals surface area contributed by atoms with Crippen LogP contribution >= 0.6 is 11.6 Å². The summed E-state index contributed by atoms with van der Waals surface area (Å²) in [6.45, 7) is 4.51. The molecule has 1 atom stereocenters. The third-order valence-electron chi connectivity index (χ3n) is 3.44. The first-order valence-electron chi connectivity index (χ1n) is 5.70. The Morgan fingerprint density at radius 1 is 1.56 bits per heavy atom. The maximum Gasteiger partial charge on any atom is 0.147 e. The second-order valence-electron chi connectivity index (χ2n) is 4.79. The van der Waals surface area contributed by atoms with Crippen molar-refractivity contribution in [1.29, 1.82) is 5.26 Å². The van der Waals surface area contributed by atoms with Crippen LogP contribution in [-0.2, 0) is 12.8 Å². The number of rotatable bonds is 1. The molecule has 3 heteroatoms. The third-order valence-corrected chi connectivity index (χ3v) is 3.73. The Labute approximate surface area is 101 Å². The molecular formula is C13H15ClN2. The van der Waals surface area contributed by atoms with Gasteiger partial charge in [0.1, 0.15) is 11.2 Å². The number of hydrogen-bond acceptors (Lipinski definition) is 2. The minimum atomic E-state index is 0.351. The van der Waals surface area contributed by atoms with Crippen LogP contribution in [-0.4, -0.2) is 4.98 Å². The highest BCUT2D eigenvalue weighted by atomic mass is 35.5. The minimum absolute atomic E-state index is 0.351. The molecule has 0 amide bonds. The molecule has 84 valence electrons. The standard InChI is InChI=1S/C13H15ClN2/c1-8(2)9-3-4-12-10(5-9)6-11(7-15)13(14)16-12/h6,8-9H,3-5H2,1-2H3. The highest BCUT2D eigenvalue weighted by Crippen LogP contribution is 2.31. The molecule has 0 bridgehead atoms. The first-order valence-corrected chi connectivity index (χ1v) is 6.08. The van der Waals surface area contributed by atoms with E-state index in [1.165, 1.54) is 12.0 Å². The molecule has 2 nitrogen and oxygen atoms in total. The molecule has 0 saturated heterocycles. The summed E-state index contributed by atoms with van der Waals surface area (Å²) in [4.78, 5) is 4.32. The number of aromatic nitrogens is 1. The van der Waals surface area contributed by atoms with Crippen molar-refractivity contribution in [2.45, 2.75) is 33.1 Å². The highest BCUT2D eigenvalue weighted by molar-refractivity contribution is 6.30. The van der Waals surface area contributed by atoms with Gasteiger partial charge in [-0.15, -0.1) is 0 Å². The molecule has 0 aromatic carbocycles. The van der Waals surface area contributed by atoms with Crippen molar-refractivity contribution in [2.24, 2.45) is 11.8 Å². The summed E-state index contributed by atoms with van der Waals surface area (Å²) < 4.78 is 0. The predicted octanol–water partition coefficient (Wildman–Crippen LogP) is 3.37. The average Bonchev–Trinajstić information content (AvgIpc) is 2.27. The van der Waals surface area contributed by atoms with E-state index in [0.29, 0.717) is 22.6 Å². The van der Waals surface area contributed by atoms with E-state index >= 15 is 0 Å². The fourth-order valence-corrected chi connectivity index (χ4v) is 2.51. The zero-order valence-corrected chi connectivity index (χ0v) is 10.4. The van der Waals surface area contributed by atoms with E-state index in [1.54, 1.807) is 0 Å². The van der Waals surface area contributed by atoms with E-state index in [0.717, 1.165) is 18.5 Å². The second kappa shape index (κ2) is 4.43. The van der Waals surface area contributed by atoms with Gasteiger partial charge in [-0.3, -0.25) is 0 Å². The van der Waals surface area contributed by atoms with Crippen LogP contribution < -0.4 is 0 Å². The van der Waals surface area contributed by atoms with Gasteiger partial charge in [-0.2, -0.15) is 5.26 Å². The van der Waals surface area contributed by atoms with E-state index in [1.807, 2.05) is 6.07 Å². The van der Waals surface area contributed by atoms with Gasteiger partial charge >= 0.3 is 0 Å². The van der Waals surface area contributed by atoms with Gasteiger partial charge < -0.3 is 0 Å². The molecular weight excluding hydrogens is 220 g/mol. The molecule has 2 rings (SSSR count). The summed E-state index contributed by atoms with van der Waals surface area (Å²) in [5, 5.41) is 9.27. The number of nitrogens with zero attached hydrogens (tertiary/aromatic N) is 2. The average molecular weight is 235 g/mol. The van der Waals surface area contributed by atoms with Crippen molar-refractivity contribution >= 4 is 11.6 Å². The van der Waals surface area contributed by atoms with Crippen LogP contribution in [0.5, 0.6) is 0 Å². The fraction of sp³-hybridized carbons (Fsp3) is 0.538. The lowest BCUT2D eigenvalue weighted by Gasteiger charge is -2.27. The highest BCUT2D eigenvalue weighted by Gasteiger charge is 2.23. The summed E-state index contributed by atoms with van der Waals surface area (Å²) in [7, 11) is 0. The number of fused-ring (bicyclic) bond motifs is 1. The maximum absolute atomic E-state index is 8.92. The van der Waals surface area contributed by atoms with Crippen molar-refractivity contribution < 1.29 is 0 Å². The molecule has 0 saturated carbocycles. The van der Waals surface area contributed by atoms with Crippen LogP contribution in [0.4, 0.5) is 0 Å². The molecule has 0 aliphatic heterocycles. The molecule has 0 radical (unpaired) electrons. The molecule has 1 heterocycles. The Kier molecular flexibility index (Phi) is 3.16. The van der Waals surface area contributed by atoms with E-state index in [4.69, 9.17) is 16.9 Å². The lowest BCUT2D eigenvalue weighted by Crippen LogP contribution is -2.20. The van der Waals surface area contributed by atoms with E-state index < -0.39 is 0 Å². The van der Waals surface area contributed by atoms with Crippen LogP contribution in [0.15, 0.2) is 6.07 Å². The number of halogens is 1. The maximum atomic E-state index is 8.92. The lowest BCUT2D eigenvalue weighted by molar-refractivity contribution is 0.340. The first-order chi connectivity index (χ1) is 7.61. The fourth-order valence-electron chi connectivity index (χ4n) is 2.31. The van der Waals surface area contributed by atoms with Crippen molar-refractivity contribution in [3.8, 4) is 6.07 Å². The summed E-state index contributed by atoms with van der Waals surface area (Å²) in [5.74, 6) is 1.40. The number of pyridine rings is 1. The number of nitriles is 1. The molecule has 0 N–H and O–H groups in total. The van der Waals surface area contributed by atoms with Gasteiger partial charge in [-0.25, -0.2) is 4.98 Å².